The van der Waals surface area contributed by atoms with E-state index in [0.717, 1.165) is 18.7 Å². The van der Waals surface area contributed by atoms with Gasteiger partial charge in [0.05, 0.1) is 5.60 Å². The van der Waals surface area contributed by atoms with Gasteiger partial charge in [0.1, 0.15) is 0 Å². The van der Waals surface area contributed by atoms with E-state index in [0.29, 0.717) is 6.04 Å². The molecule has 19 heavy (non-hydrogen) atoms. The van der Waals surface area contributed by atoms with Crippen molar-refractivity contribution in [1.29, 1.82) is 0 Å². The van der Waals surface area contributed by atoms with Gasteiger partial charge in [0.25, 0.3) is 0 Å². The Labute approximate surface area is 116 Å². The fourth-order valence-corrected chi connectivity index (χ4v) is 3.31. The van der Waals surface area contributed by atoms with Crippen LogP contribution in [0.1, 0.15) is 44.7 Å². The van der Waals surface area contributed by atoms with Crippen molar-refractivity contribution in [2.45, 2.75) is 57.1 Å². The Morgan fingerprint density at radius 3 is 2.68 bits per heavy atom. The Morgan fingerprint density at radius 2 is 2.11 bits per heavy atom. The zero-order chi connectivity index (χ0) is 13.6. The molecule has 0 bridgehead atoms. The second-order valence-corrected chi connectivity index (χ2v) is 5.42. The number of rotatable bonds is 6. The molecule has 1 aliphatic carbocycles. The van der Waals surface area contributed by atoms with Crippen LogP contribution in [0.15, 0.2) is 24.4 Å². The van der Waals surface area contributed by atoms with Crippen LogP contribution in [0.25, 0.3) is 0 Å². The average molecular weight is 262 g/mol. The minimum Gasteiger partial charge on any atom is -0.374 e. The molecule has 2 rings (SSSR count). The lowest BCUT2D eigenvalue weighted by Crippen LogP contribution is -2.54. The molecule has 106 valence electrons. The molecular formula is C16H26N2O. The summed E-state index contributed by atoms with van der Waals surface area (Å²) in [5.41, 5.74) is 1.14. The fourth-order valence-electron chi connectivity index (χ4n) is 3.31. The number of hydrogen-bond donors (Lipinski definition) is 1. The highest BCUT2D eigenvalue weighted by molar-refractivity contribution is 5.08. The maximum Gasteiger partial charge on any atom is 0.0838 e. The SMILES string of the molecule is CCOC1(C(Cc2ccccn2)NC)CCCCC1. The molecule has 1 aromatic heterocycles. The molecule has 1 atom stereocenters. The molecule has 1 N–H and O–H groups in total. The highest BCUT2D eigenvalue weighted by Crippen LogP contribution is 2.35. The van der Waals surface area contributed by atoms with E-state index >= 15 is 0 Å². The summed E-state index contributed by atoms with van der Waals surface area (Å²) in [5, 5.41) is 3.48. The van der Waals surface area contributed by atoms with Gasteiger partial charge in [-0.25, -0.2) is 0 Å². The molecule has 0 radical (unpaired) electrons. The van der Waals surface area contributed by atoms with Gasteiger partial charge in [0.15, 0.2) is 0 Å². The summed E-state index contributed by atoms with van der Waals surface area (Å²) < 4.78 is 6.21. The van der Waals surface area contributed by atoms with Gasteiger partial charge in [-0.1, -0.05) is 25.3 Å². The molecule has 1 unspecified atom stereocenters. The third kappa shape index (κ3) is 3.54. The smallest absolute Gasteiger partial charge is 0.0838 e. The predicted molar refractivity (Wildman–Crippen MR) is 78.2 cm³/mol. The standard InChI is InChI=1S/C16H26N2O/c1-3-19-16(10-6-4-7-11-16)15(17-2)13-14-9-5-8-12-18-14/h5,8-9,12,15,17H,3-4,6-7,10-11,13H2,1-2H3. The van der Waals surface area contributed by atoms with Crippen LogP contribution in [0.5, 0.6) is 0 Å². The summed E-state index contributed by atoms with van der Waals surface area (Å²) in [4.78, 5) is 4.46. The van der Waals surface area contributed by atoms with E-state index in [9.17, 15) is 0 Å². The lowest BCUT2D eigenvalue weighted by atomic mass is 9.77. The monoisotopic (exact) mass is 262 g/mol. The molecule has 1 aromatic rings. The molecule has 1 aliphatic rings. The van der Waals surface area contributed by atoms with Crippen molar-refractivity contribution in [3.63, 3.8) is 0 Å². The molecule has 0 spiro atoms. The molecule has 1 heterocycles. The summed E-state index contributed by atoms with van der Waals surface area (Å²) in [6.07, 6.45) is 9.04. The molecule has 0 aliphatic heterocycles. The Balaban J connectivity index is 2.12. The van der Waals surface area contributed by atoms with Crippen molar-refractivity contribution in [1.82, 2.24) is 10.3 Å². The molecule has 3 heteroatoms. The van der Waals surface area contributed by atoms with Crippen LogP contribution in [0, 0.1) is 0 Å². The van der Waals surface area contributed by atoms with E-state index in [4.69, 9.17) is 4.74 Å². The fraction of sp³-hybridized carbons (Fsp3) is 0.688. The van der Waals surface area contributed by atoms with Crippen LogP contribution < -0.4 is 5.32 Å². The number of aromatic nitrogens is 1. The minimum atomic E-state index is -0.000723. The maximum absolute atomic E-state index is 6.21. The van der Waals surface area contributed by atoms with E-state index in [2.05, 4.69) is 29.4 Å². The summed E-state index contributed by atoms with van der Waals surface area (Å²) in [6.45, 7) is 2.89. The second kappa shape index (κ2) is 7.01. The number of hydrogen-bond acceptors (Lipinski definition) is 3. The number of pyridine rings is 1. The van der Waals surface area contributed by atoms with E-state index in [1.807, 2.05) is 19.3 Å². The topological polar surface area (TPSA) is 34.1 Å². The van der Waals surface area contributed by atoms with Crippen LogP contribution in [0.4, 0.5) is 0 Å². The van der Waals surface area contributed by atoms with Crippen LogP contribution >= 0.6 is 0 Å². The first-order chi connectivity index (χ1) is 9.30. The van der Waals surface area contributed by atoms with Gasteiger partial charge in [-0.15, -0.1) is 0 Å². The number of likely N-dealkylation sites (N-methyl/N-ethyl adjacent to an activating group) is 1. The van der Waals surface area contributed by atoms with E-state index in [1.165, 1.54) is 32.1 Å². The third-order valence-electron chi connectivity index (χ3n) is 4.25. The molecule has 0 amide bonds. The summed E-state index contributed by atoms with van der Waals surface area (Å²) >= 11 is 0. The molecule has 1 saturated carbocycles. The normalized spacial score (nSPS) is 20.1. The summed E-state index contributed by atoms with van der Waals surface area (Å²) in [6, 6.07) is 6.48. The van der Waals surface area contributed by atoms with Crippen LogP contribution in [-0.2, 0) is 11.2 Å². The van der Waals surface area contributed by atoms with Crippen molar-refractivity contribution < 1.29 is 4.74 Å². The summed E-state index contributed by atoms with van der Waals surface area (Å²) in [7, 11) is 2.04. The average Bonchev–Trinajstić information content (AvgIpc) is 2.47. The van der Waals surface area contributed by atoms with Crippen LogP contribution in [0.2, 0.25) is 0 Å². The maximum atomic E-state index is 6.21. The lowest BCUT2D eigenvalue weighted by Gasteiger charge is -2.43. The highest BCUT2D eigenvalue weighted by Gasteiger charge is 2.39. The van der Waals surface area contributed by atoms with Crippen LogP contribution in [0.3, 0.4) is 0 Å². The van der Waals surface area contributed by atoms with Gasteiger partial charge in [-0.05, 0) is 38.9 Å². The van der Waals surface area contributed by atoms with Crippen LogP contribution in [-0.4, -0.2) is 30.3 Å². The van der Waals surface area contributed by atoms with E-state index in [1.54, 1.807) is 0 Å². The number of nitrogens with one attached hydrogen (secondary N) is 1. The van der Waals surface area contributed by atoms with Gasteiger partial charge >= 0.3 is 0 Å². The van der Waals surface area contributed by atoms with Crippen molar-refractivity contribution in [3.8, 4) is 0 Å². The minimum absolute atomic E-state index is 0.000723. The first kappa shape index (κ1) is 14.5. The first-order valence-electron chi connectivity index (χ1n) is 7.52. The van der Waals surface area contributed by atoms with Gasteiger partial charge in [-0.2, -0.15) is 0 Å². The van der Waals surface area contributed by atoms with Crippen molar-refractivity contribution >= 4 is 0 Å². The van der Waals surface area contributed by atoms with Gasteiger partial charge in [0.2, 0.25) is 0 Å². The molecule has 0 aromatic carbocycles. The molecule has 1 fully saturated rings. The largest absolute Gasteiger partial charge is 0.374 e. The zero-order valence-corrected chi connectivity index (χ0v) is 12.2. The van der Waals surface area contributed by atoms with E-state index < -0.39 is 0 Å². The number of ether oxygens (including phenoxy) is 1. The Hall–Kier alpha value is -0.930. The first-order valence-corrected chi connectivity index (χ1v) is 7.52. The zero-order valence-electron chi connectivity index (χ0n) is 12.2. The molecule has 3 nitrogen and oxygen atoms in total. The lowest BCUT2D eigenvalue weighted by molar-refractivity contribution is -0.0885. The van der Waals surface area contributed by atoms with Crippen molar-refractivity contribution in [2.24, 2.45) is 0 Å². The number of nitrogens with zero attached hydrogens (tertiary/aromatic N) is 1. The Bertz CT molecular complexity index is 355. The second-order valence-electron chi connectivity index (χ2n) is 5.42. The third-order valence-corrected chi connectivity index (χ3v) is 4.25. The van der Waals surface area contributed by atoms with E-state index in [-0.39, 0.29) is 5.60 Å². The molecular weight excluding hydrogens is 236 g/mol. The Kier molecular flexibility index (Phi) is 5.34. The van der Waals surface area contributed by atoms with Gasteiger partial charge in [0, 0.05) is 31.0 Å². The van der Waals surface area contributed by atoms with Crippen molar-refractivity contribution in [3.05, 3.63) is 30.1 Å². The van der Waals surface area contributed by atoms with Crippen molar-refractivity contribution in [2.75, 3.05) is 13.7 Å². The quantitative estimate of drug-likeness (QED) is 0.856. The summed E-state index contributed by atoms with van der Waals surface area (Å²) in [5.74, 6) is 0. The van der Waals surface area contributed by atoms with Gasteiger partial charge in [-0.3, -0.25) is 4.98 Å². The Morgan fingerprint density at radius 1 is 1.32 bits per heavy atom. The highest BCUT2D eigenvalue weighted by atomic mass is 16.5. The van der Waals surface area contributed by atoms with Gasteiger partial charge < -0.3 is 10.1 Å². The predicted octanol–water partition coefficient (Wildman–Crippen LogP) is 2.95. The molecule has 0 saturated heterocycles.